The van der Waals surface area contributed by atoms with Gasteiger partial charge in [-0.1, -0.05) is 37.3 Å². The summed E-state index contributed by atoms with van der Waals surface area (Å²) in [5.74, 6) is 0.183. The molecule has 1 amide bonds. The third-order valence-electron chi connectivity index (χ3n) is 3.85. The Labute approximate surface area is 137 Å². The van der Waals surface area contributed by atoms with Crippen LogP contribution in [0.1, 0.15) is 25.8 Å². The van der Waals surface area contributed by atoms with Crippen molar-refractivity contribution in [2.75, 3.05) is 18.5 Å². The summed E-state index contributed by atoms with van der Waals surface area (Å²) in [4.78, 5) is 16.4. The van der Waals surface area contributed by atoms with Crippen molar-refractivity contribution in [3.63, 3.8) is 0 Å². The summed E-state index contributed by atoms with van der Waals surface area (Å²) in [6.07, 6.45) is 0.535. The summed E-state index contributed by atoms with van der Waals surface area (Å²) in [6, 6.07) is 14.7. The van der Waals surface area contributed by atoms with E-state index in [-0.39, 0.29) is 11.9 Å². The lowest BCUT2D eigenvalue weighted by Gasteiger charge is -2.30. The Morgan fingerprint density at radius 1 is 1.18 bits per heavy atom. The van der Waals surface area contributed by atoms with Crippen LogP contribution in [0.25, 0.3) is 0 Å². The summed E-state index contributed by atoms with van der Waals surface area (Å²) in [7, 11) is 2.11. The molecule has 2 rings (SSSR count). The quantitative estimate of drug-likeness (QED) is 0.770. The number of amides is 1. The van der Waals surface area contributed by atoms with Crippen molar-refractivity contribution in [3.8, 4) is 0 Å². The van der Waals surface area contributed by atoms with Gasteiger partial charge in [-0.2, -0.15) is 0 Å². The van der Waals surface area contributed by atoms with Gasteiger partial charge >= 0.3 is 0 Å². The summed E-state index contributed by atoms with van der Waals surface area (Å²) < 4.78 is 0. The normalized spacial score (nSPS) is 12.4. The fourth-order valence-corrected chi connectivity index (χ4v) is 3.12. The third-order valence-corrected chi connectivity index (χ3v) is 4.74. The molecule has 0 aliphatic heterocycles. The number of anilines is 1. The highest BCUT2D eigenvalue weighted by atomic mass is 32.1. The van der Waals surface area contributed by atoms with Crippen LogP contribution in [0.4, 0.5) is 5.00 Å². The predicted octanol–water partition coefficient (Wildman–Crippen LogP) is 4.01. The maximum Gasteiger partial charge on any atom is 0.227 e. The van der Waals surface area contributed by atoms with Crippen molar-refractivity contribution in [1.29, 1.82) is 0 Å². The van der Waals surface area contributed by atoms with Crippen LogP contribution in [0.5, 0.6) is 0 Å². The number of likely N-dealkylation sites (N-methyl/N-ethyl adjacent to an activating group) is 1. The van der Waals surface area contributed by atoms with Gasteiger partial charge in [-0.3, -0.25) is 9.69 Å². The van der Waals surface area contributed by atoms with Gasteiger partial charge in [0.1, 0.15) is 0 Å². The SMILES string of the molecule is CCC(=O)N(CC(C)N(C)Cc1ccccc1)c1cccs1. The van der Waals surface area contributed by atoms with E-state index in [1.807, 2.05) is 35.4 Å². The summed E-state index contributed by atoms with van der Waals surface area (Å²) in [5.41, 5.74) is 1.29. The molecule has 1 aromatic carbocycles. The van der Waals surface area contributed by atoms with Gasteiger partial charge in [-0.25, -0.2) is 0 Å². The zero-order valence-electron chi connectivity index (χ0n) is 13.5. The molecule has 0 saturated heterocycles. The molecule has 2 aromatic rings. The topological polar surface area (TPSA) is 23.6 Å². The number of carbonyl (C=O) groups is 1. The summed E-state index contributed by atoms with van der Waals surface area (Å²) >= 11 is 1.62. The Morgan fingerprint density at radius 3 is 2.50 bits per heavy atom. The summed E-state index contributed by atoms with van der Waals surface area (Å²) in [6.45, 7) is 5.70. The number of nitrogens with zero attached hydrogens (tertiary/aromatic N) is 2. The van der Waals surface area contributed by atoms with Crippen molar-refractivity contribution in [2.24, 2.45) is 0 Å². The second kappa shape index (κ2) is 8.11. The number of hydrogen-bond donors (Lipinski definition) is 0. The first-order valence-corrected chi connectivity index (χ1v) is 8.57. The maximum atomic E-state index is 12.2. The third kappa shape index (κ3) is 4.42. The van der Waals surface area contributed by atoms with Crippen molar-refractivity contribution < 1.29 is 4.79 Å². The number of hydrogen-bond acceptors (Lipinski definition) is 3. The Bertz CT molecular complexity index is 568. The molecular weight excluding hydrogens is 292 g/mol. The Kier molecular flexibility index (Phi) is 6.16. The zero-order valence-corrected chi connectivity index (χ0v) is 14.3. The van der Waals surface area contributed by atoms with Crippen LogP contribution < -0.4 is 4.90 Å². The van der Waals surface area contributed by atoms with Gasteiger partial charge in [0, 0.05) is 25.6 Å². The van der Waals surface area contributed by atoms with Crippen molar-refractivity contribution in [2.45, 2.75) is 32.9 Å². The second-order valence-electron chi connectivity index (χ2n) is 5.56. The Balaban J connectivity index is 2.01. The van der Waals surface area contributed by atoms with E-state index in [9.17, 15) is 4.79 Å². The Hall–Kier alpha value is -1.65. The molecule has 0 spiro atoms. The van der Waals surface area contributed by atoms with E-state index in [1.54, 1.807) is 11.3 Å². The van der Waals surface area contributed by atoms with E-state index in [2.05, 4.69) is 43.1 Å². The molecule has 3 nitrogen and oxygen atoms in total. The fourth-order valence-electron chi connectivity index (χ4n) is 2.36. The molecule has 1 aromatic heterocycles. The molecule has 4 heteroatoms. The van der Waals surface area contributed by atoms with Gasteiger partial charge in [0.05, 0.1) is 5.00 Å². The number of carbonyl (C=O) groups excluding carboxylic acids is 1. The molecule has 118 valence electrons. The second-order valence-corrected chi connectivity index (χ2v) is 6.49. The molecule has 1 atom stereocenters. The van der Waals surface area contributed by atoms with Gasteiger partial charge in [0.15, 0.2) is 0 Å². The van der Waals surface area contributed by atoms with Crippen LogP contribution >= 0.6 is 11.3 Å². The molecule has 0 saturated carbocycles. The van der Waals surface area contributed by atoms with E-state index in [1.165, 1.54) is 5.56 Å². The minimum Gasteiger partial charge on any atom is -0.302 e. The van der Waals surface area contributed by atoms with Gasteiger partial charge in [-0.15, -0.1) is 11.3 Å². The summed E-state index contributed by atoms with van der Waals surface area (Å²) in [5, 5.41) is 3.05. The first-order chi connectivity index (χ1) is 10.6. The molecule has 0 aliphatic rings. The van der Waals surface area contributed by atoms with Gasteiger partial charge in [0.25, 0.3) is 0 Å². The van der Waals surface area contributed by atoms with E-state index >= 15 is 0 Å². The van der Waals surface area contributed by atoms with Crippen LogP contribution in [-0.2, 0) is 11.3 Å². The lowest BCUT2D eigenvalue weighted by atomic mass is 10.2. The molecule has 0 aliphatic carbocycles. The standard InChI is InChI=1S/C18H24N2OS/c1-4-17(21)20(18-11-8-12-22-18)13-15(2)19(3)14-16-9-6-5-7-10-16/h5-12,15H,4,13-14H2,1-3H3. The molecule has 22 heavy (non-hydrogen) atoms. The number of rotatable bonds is 7. The highest BCUT2D eigenvalue weighted by molar-refractivity contribution is 7.14. The number of benzene rings is 1. The van der Waals surface area contributed by atoms with Crippen molar-refractivity contribution in [1.82, 2.24) is 4.90 Å². The average Bonchev–Trinajstić information content (AvgIpc) is 3.06. The molecule has 0 bridgehead atoms. The molecule has 0 radical (unpaired) electrons. The van der Waals surface area contributed by atoms with E-state index < -0.39 is 0 Å². The molecule has 1 unspecified atom stereocenters. The van der Waals surface area contributed by atoms with E-state index in [4.69, 9.17) is 0 Å². The van der Waals surface area contributed by atoms with Gasteiger partial charge < -0.3 is 4.90 Å². The lowest BCUT2D eigenvalue weighted by molar-refractivity contribution is -0.118. The largest absolute Gasteiger partial charge is 0.302 e. The van der Waals surface area contributed by atoms with Crippen LogP contribution in [-0.4, -0.2) is 30.4 Å². The van der Waals surface area contributed by atoms with Gasteiger partial charge in [0.2, 0.25) is 5.91 Å². The number of thiophene rings is 1. The molecular formula is C18H24N2OS. The van der Waals surface area contributed by atoms with Crippen molar-refractivity contribution in [3.05, 3.63) is 53.4 Å². The molecule has 0 N–H and O–H groups in total. The van der Waals surface area contributed by atoms with Crippen molar-refractivity contribution >= 4 is 22.2 Å². The van der Waals surface area contributed by atoms with E-state index in [0.717, 1.165) is 18.1 Å². The minimum atomic E-state index is 0.183. The van der Waals surface area contributed by atoms with Crippen LogP contribution in [0.3, 0.4) is 0 Å². The first-order valence-electron chi connectivity index (χ1n) is 7.69. The maximum absolute atomic E-state index is 12.2. The monoisotopic (exact) mass is 316 g/mol. The smallest absolute Gasteiger partial charge is 0.227 e. The van der Waals surface area contributed by atoms with Crippen LogP contribution in [0.15, 0.2) is 47.8 Å². The minimum absolute atomic E-state index is 0.183. The molecule has 1 heterocycles. The zero-order chi connectivity index (χ0) is 15.9. The average molecular weight is 316 g/mol. The lowest BCUT2D eigenvalue weighted by Crippen LogP contribution is -2.42. The van der Waals surface area contributed by atoms with E-state index in [0.29, 0.717) is 6.42 Å². The predicted molar refractivity (Wildman–Crippen MR) is 94.3 cm³/mol. The van der Waals surface area contributed by atoms with Gasteiger partial charge in [-0.05, 0) is 37.0 Å². The van der Waals surface area contributed by atoms with Crippen LogP contribution in [0.2, 0.25) is 0 Å². The highest BCUT2D eigenvalue weighted by Gasteiger charge is 2.20. The highest BCUT2D eigenvalue weighted by Crippen LogP contribution is 2.23. The Morgan fingerprint density at radius 2 is 1.91 bits per heavy atom. The fraction of sp³-hybridized carbons (Fsp3) is 0.389. The van der Waals surface area contributed by atoms with Crippen LogP contribution in [0, 0.1) is 0 Å². The first kappa shape index (κ1) is 16.7. The molecule has 0 fully saturated rings.